The molecule has 0 heterocycles. The Kier molecular flexibility index (Phi) is 6.73. The number of carbonyl (C=O) groups excluding carboxylic acids is 1. The molecule has 0 aliphatic heterocycles. The summed E-state index contributed by atoms with van der Waals surface area (Å²) in [4.78, 5) is 10.5. The molecule has 0 aromatic rings. The molecule has 0 saturated carbocycles. The van der Waals surface area contributed by atoms with Crippen molar-refractivity contribution in [2.45, 2.75) is 19.8 Å². The second-order valence-electron chi connectivity index (χ2n) is 2.09. The summed E-state index contributed by atoms with van der Waals surface area (Å²) in [5, 5.41) is 0. The van der Waals surface area contributed by atoms with Crippen molar-refractivity contribution in [1.29, 1.82) is 0 Å². The predicted octanol–water partition coefficient (Wildman–Crippen LogP) is 0.845. The maximum Gasteiger partial charge on any atom is 0.319 e. The Morgan fingerprint density at radius 3 is 2.82 bits per heavy atom. The van der Waals surface area contributed by atoms with E-state index in [4.69, 9.17) is 10.5 Å². The Labute approximate surface area is 67.2 Å². The summed E-state index contributed by atoms with van der Waals surface area (Å²) < 4.78 is 4.72. The van der Waals surface area contributed by atoms with Crippen LogP contribution in [0.15, 0.2) is 12.2 Å². The van der Waals surface area contributed by atoms with Gasteiger partial charge in [0.15, 0.2) is 0 Å². The monoisotopic (exact) mass is 157 g/mol. The van der Waals surface area contributed by atoms with Crippen LogP contribution in [0.4, 0.5) is 0 Å². The van der Waals surface area contributed by atoms with Gasteiger partial charge < -0.3 is 10.5 Å². The van der Waals surface area contributed by atoms with Crippen LogP contribution >= 0.6 is 0 Å². The van der Waals surface area contributed by atoms with Crippen LogP contribution in [0, 0.1) is 0 Å². The second-order valence-corrected chi connectivity index (χ2v) is 2.09. The van der Waals surface area contributed by atoms with E-state index in [1.54, 1.807) is 0 Å². The summed E-state index contributed by atoms with van der Waals surface area (Å²) in [6.45, 7) is 2.46. The quantitative estimate of drug-likeness (QED) is 0.365. The highest BCUT2D eigenvalue weighted by molar-refractivity contribution is 5.71. The summed E-state index contributed by atoms with van der Waals surface area (Å²) in [6.07, 6.45) is 5.82. The Hall–Kier alpha value is -0.830. The number of carbonyl (C=O) groups is 1. The largest absolute Gasteiger partial charge is 0.464 e. The van der Waals surface area contributed by atoms with Crippen LogP contribution in [0.5, 0.6) is 0 Å². The molecular weight excluding hydrogens is 142 g/mol. The lowest BCUT2D eigenvalue weighted by Gasteiger charge is -1.98. The molecule has 0 atom stereocenters. The third kappa shape index (κ3) is 7.06. The minimum absolute atomic E-state index is 0.0303. The standard InChI is InChI=1S/C8H15NO2/c1-2-3-4-5-6-11-8(10)7-9/h3-4H,2,5-7,9H2,1H3/b4-3-. The zero-order valence-corrected chi connectivity index (χ0v) is 6.88. The van der Waals surface area contributed by atoms with Crippen LogP contribution < -0.4 is 5.73 Å². The Bertz CT molecular complexity index is 132. The van der Waals surface area contributed by atoms with Crippen molar-refractivity contribution in [2.24, 2.45) is 5.73 Å². The van der Waals surface area contributed by atoms with Gasteiger partial charge in [-0.1, -0.05) is 19.1 Å². The van der Waals surface area contributed by atoms with Crippen molar-refractivity contribution in [3.63, 3.8) is 0 Å². The minimum Gasteiger partial charge on any atom is -0.464 e. The molecule has 2 N–H and O–H groups in total. The summed E-state index contributed by atoms with van der Waals surface area (Å²) >= 11 is 0. The van der Waals surface area contributed by atoms with Crippen molar-refractivity contribution in [3.8, 4) is 0 Å². The highest BCUT2D eigenvalue weighted by Crippen LogP contribution is 1.87. The maximum absolute atomic E-state index is 10.5. The van der Waals surface area contributed by atoms with E-state index in [-0.39, 0.29) is 12.5 Å². The van der Waals surface area contributed by atoms with Crippen LogP contribution in [0.3, 0.4) is 0 Å². The van der Waals surface area contributed by atoms with Gasteiger partial charge in [-0.15, -0.1) is 0 Å². The Morgan fingerprint density at radius 2 is 2.27 bits per heavy atom. The number of nitrogens with two attached hydrogens (primary N) is 1. The SMILES string of the molecule is CC/C=C\CCOC(=O)CN. The van der Waals surface area contributed by atoms with Crippen molar-refractivity contribution < 1.29 is 9.53 Å². The van der Waals surface area contributed by atoms with Crippen LogP contribution in [0.2, 0.25) is 0 Å². The van der Waals surface area contributed by atoms with Crippen molar-refractivity contribution in [1.82, 2.24) is 0 Å². The molecule has 0 bridgehead atoms. The minimum atomic E-state index is -0.338. The molecule has 0 unspecified atom stereocenters. The molecular formula is C8H15NO2. The number of esters is 1. The molecule has 3 heteroatoms. The van der Waals surface area contributed by atoms with Gasteiger partial charge in [-0.2, -0.15) is 0 Å². The fraction of sp³-hybridized carbons (Fsp3) is 0.625. The topological polar surface area (TPSA) is 52.3 Å². The molecule has 0 aliphatic rings. The van der Waals surface area contributed by atoms with E-state index in [0.29, 0.717) is 6.61 Å². The number of hydrogen-bond acceptors (Lipinski definition) is 3. The van der Waals surface area contributed by atoms with Gasteiger partial charge in [0.2, 0.25) is 0 Å². The first-order chi connectivity index (χ1) is 5.31. The molecule has 0 fully saturated rings. The molecule has 3 nitrogen and oxygen atoms in total. The number of allylic oxidation sites excluding steroid dienone is 1. The van der Waals surface area contributed by atoms with E-state index in [2.05, 4.69) is 6.92 Å². The van der Waals surface area contributed by atoms with E-state index < -0.39 is 0 Å². The highest BCUT2D eigenvalue weighted by atomic mass is 16.5. The molecule has 0 radical (unpaired) electrons. The van der Waals surface area contributed by atoms with Crippen LogP contribution in [-0.4, -0.2) is 19.1 Å². The lowest BCUT2D eigenvalue weighted by molar-refractivity contribution is -0.141. The van der Waals surface area contributed by atoms with E-state index in [9.17, 15) is 4.79 Å². The molecule has 11 heavy (non-hydrogen) atoms. The molecule has 0 rings (SSSR count). The zero-order chi connectivity index (χ0) is 8.53. The van der Waals surface area contributed by atoms with Gasteiger partial charge in [0.1, 0.15) is 0 Å². The van der Waals surface area contributed by atoms with Crippen molar-refractivity contribution in [3.05, 3.63) is 12.2 Å². The van der Waals surface area contributed by atoms with Gasteiger partial charge in [-0.3, -0.25) is 4.79 Å². The predicted molar refractivity (Wildman–Crippen MR) is 44.1 cm³/mol. The Morgan fingerprint density at radius 1 is 1.55 bits per heavy atom. The van der Waals surface area contributed by atoms with E-state index in [0.717, 1.165) is 12.8 Å². The van der Waals surface area contributed by atoms with Crippen LogP contribution in [0.25, 0.3) is 0 Å². The fourth-order valence-electron chi connectivity index (χ4n) is 0.584. The summed E-state index contributed by atoms with van der Waals surface area (Å²) in [5.74, 6) is -0.338. The fourth-order valence-corrected chi connectivity index (χ4v) is 0.584. The molecule has 0 aliphatic carbocycles. The smallest absolute Gasteiger partial charge is 0.319 e. The number of rotatable bonds is 5. The third-order valence-corrected chi connectivity index (χ3v) is 1.12. The van der Waals surface area contributed by atoms with Crippen LogP contribution in [0.1, 0.15) is 19.8 Å². The molecule has 0 amide bonds. The highest BCUT2D eigenvalue weighted by Gasteiger charge is 1.94. The summed E-state index contributed by atoms with van der Waals surface area (Å²) in [5.41, 5.74) is 5.02. The third-order valence-electron chi connectivity index (χ3n) is 1.12. The van der Waals surface area contributed by atoms with Gasteiger partial charge in [0, 0.05) is 0 Å². The summed E-state index contributed by atoms with van der Waals surface area (Å²) in [6, 6.07) is 0. The van der Waals surface area contributed by atoms with E-state index >= 15 is 0 Å². The van der Waals surface area contributed by atoms with E-state index in [1.165, 1.54) is 0 Å². The lowest BCUT2D eigenvalue weighted by atomic mass is 10.3. The average molecular weight is 157 g/mol. The average Bonchev–Trinajstić information content (AvgIpc) is 2.04. The van der Waals surface area contributed by atoms with Gasteiger partial charge in [-0.05, 0) is 12.8 Å². The van der Waals surface area contributed by atoms with Gasteiger partial charge >= 0.3 is 5.97 Å². The molecule has 0 aromatic heterocycles. The first-order valence-electron chi connectivity index (χ1n) is 3.82. The lowest BCUT2D eigenvalue weighted by Crippen LogP contribution is -2.16. The second kappa shape index (κ2) is 7.28. The first-order valence-corrected chi connectivity index (χ1v) is 3.82. The van der Waals surface area contributed by atoms with Gasteiger partial charge in [-0.25, -0.2) is 0 Å². The van der Waals surface area contributed by atoms with E-state index in [1.807, 2.05) is 12.2 Å². The first kappa shape index (κ1) is 10.2. The number of ether oxygens (including phenoxy) is 1. The molecule has 0 spiro atoms. The van der Waals surface area contributed by atoms with Crippen molar-refractivity contribution >= 4 is 5.97 Å². The zero-order valence-electron chi connectivity index (χ0n) is 6.88. The van der Waals surface area contributed by atoms with Crippen LogP contribution in [-0.2, 0) is 9.53 Å². The van der Waals surface area contributed by atoms with Gasteiger partial charge in [0.25, 0.3) is 0 Å². The van der Waals surface area contributed by atoms with Crippen molar-refractivity contribution in [2.75, 3.05) is 13.2 Å². The van der Waals surface area contributed by atoms with Gasteiger partial charge in [0.05, 0.1) is 13.2 Å². The molecule has 0 saturated heterocycles. The normalized spacial score (nSPS) is 10.4. The Balaban J connectivity index is 3.14. The molecule has 64 valence electrons. The molecule has 0 aromatic carbocycles. The number of hydrogen-bond donors (Lipinski definition) is 1. The maximum atomic E-state index is 10.5. The summed E-state index contributed by atoms with van der Waals surface area (Å²) in [7, 11) is 0.